The third-order valence-corrected chi connectivity index (χ3v) is 4.25. The maximum absolute atomic E-state index is 12.4. The number of carbonyl (C=O) groups excluding carboxylic acids is 1. The molecular weight excluding hydrogens is 286 g/mol. The third-order valence-electron chi connectivity index (χ3n) is 4.02. The molecule has 4 nitrogen and oxygen atoms in total. The summed E-state index contributed by atoms with van der Waals surface area (Å²) in [7, 11) is 0. The van der Waals surface area contributed by atoms with E-state index in [9.17, 15) is 4.79 Å². The van der Waals surface area contributed by atoms with Crippen molar-refractivity contribution in [3.8, 4) is 0 Å². The van der Waals surface area contributed by atoms with Gasteiger partial charge in [-0.25, -0.2) is 0 Å². The first-order valence-electron chi connectivity index (χ1n) is 7.62. The largest absolute Gasteiger partial charge is 0.351 e. The normalized spacial score (nSPS) is 20.4. The van der Waals surface area contributed by atoms with Crippen molar-refractivity contribution in [2.75, 3.05) is 13.1 Å². The number of benzene rings is 1. The molecule has 1 aromatic carbocycles. The SMILES string of the molecule is CC[C@@H](N)CN1CCC[C@H]1C(=O)NCc1cccc(Cl)c1. The van der Waals surface area contributed by atoms with Gasteiger partial charge in [0.15, 0.2) is 0 Å². The van der Waals surface area contributed by atoms with Crippen molar-refractivity contribution in [1.29, 1.82) is 0 Å². The van der Waals surface area contributed by atoms with Gasteiger partial charge in [-0.3, -0.25) is 9.69 Å². The first-order valence-corrected chi connectivity index (χ1v) is 7.99. The predicted octanol–water partition coefficient (Wildman–Crippen LogP) is 2.16. The summed E-state index contributed by atoms with van der Waals surface area (Å²) in [5.74, 6) is 0.0933. The van der Waals surface area contributed by atoms with Gasteiger partial charge in [-0.05, 0) is 43.5 Å². The van der Waals surface area contributed by atoms with E-state index in [1.807, 2.05) is 24.3 Å². The Kier molecular flexibility index (Phi) is 6.03. The molecule has 0 aliphatic carbocycles. The van der Waals surface area contributed by atoms with E-state index in [0.29, 0.717) is 11.6 Å². The molecule has 0 radical (unpaired) electrons. The maximum Gasteiger partial charge on any atom is 0.237 e. The molecule has 0 unspecified atom stereocenters. The molecule has 1 heterocycles. The molecule has 1 aliphatic rings. The number of nitrogens with zero attached hydrogens (tertiary/aromatic N) is 1. The summed E-state index contributed by atoms with van der Waals surface area (Å²) in [6, 6.07) is 7.67. The Morgan fingerprint density at radius 1 is 1.57 bits per heavy atom. The van der Waals surface area contributed by atoms with Crippen molar-refractivity contribution >= 4 is 17.5 Å². The monoisotopic (exact) mass is 309 g/mol. The second kappa shape index (κ2) is 7.78. The minimum absolute atomic E-state index is 0.0400. The van der Waals surface area contributed by atoms with Crippen molar-refractivity contribution in [2.45, 2.75) is 44.8 Å². The fourth-order valence-electron chi connectivity index (χ4n) is 2.73. The van der Waals surface area contributed by atoms with Crippen LogP contribution in [0.5, 0.6) is 0 Å². The Labute approximate surface area is 131 Å². The zero-order valence-electron chi connectivity index (χ0n) is 12.5. The van der Waals surface area contributed by atoms with Crippen molar-refractivity contribution in [3.63, 3.8) is 0 Å². The standard InChI is InChI=1S/C16H24ClN3O/c1-2-14(18)11-20-8-4-7-15(20)16(21)19-10-12-5-3-6-13(17)9-12/h3,5-6,9,14-15H,2,4,7-8,10-11,18H2,1H3,(H,19,21)/t14-,15+/m1/s1. The molecule has 1 aliphatic heterocycles. The van der Waals surface area contributed by atoms with Gasteiger partial charge in [0, 0.05) is 24.2 Å². The highest BCUT2D eigenvalue weighted by atomic mass is 35.5. The van der Waals surface area contributed by atoms with Gasteiger partial charge in [-0.15, -0.1) is 0 Å². The van der Waals surface area contributed by atoms with Crippen molar-refractivity contribution in [1.82, 2.24) is 10.2 Å². The number of halogens is 1. The number of nitrogens with two attached hydrogens (primary N) is 1. The van der Waals surface area contributed by atoms with E-state index < -0.39 is 0 Å². The zero-order valence-corrected chi connectivity index (χ0v) is 13.3. The van der Waals surface area contributed by atoms with E-state index >= 15 is 0 Å². The number of carbonyl (C=O) groups is 1. The molecule has 2 rings (SSSR count). The van der Waals surface area contributed by atoms with E-state index in [1.54, 1.807) is 0 Å². The second-order valence-corrected chi connectivity index (χ2v) is 6.11. The fraction of sp³-hybridized carbons (Fsp3) is 0.562. The molecule has 0 aromatic heterocycles. The third kappa shape index (κ3) is 4.70. The van der Waals surface area contributed by atoms with E-state index in [0.717, 1.165) is 37.9 Å². The Balaban J connectivity index is 1.87. The van der Waals surface area contributed by atoms with Gasteiger partial charge in [0.25, 0.3) is 0 Å². The molecule has 2 atom stereocenters. The summed E-state index contributed by atoms with van der Waals surface area (Å²) in [4.78, 5) is 14.6. The van der Waals surface area contributed by atoms with Crippen LogP contribution in [-0.4, -0.2) is 36.0 Å². The molecule has 21 heavy (non-hydrogen) atoms. The van der Waals surface area contributed by atoms with Crippen LogP contribution < -0.4 is 11.1 Å². The lowest BCUT2D eigenvalue weighted by molar-refractivity contribution is -0.125. The van der Waals surface area contributed by atoms with Crippen LogP contribution in [0.3, 0.4) is 0 Å². The number of amides is 1. The van der Waals surface area contributed by atoms with Crippen LogP contribution in [0.2, 0.25) is 5.02 Å². The first kappa shape index (κ1) is 16.3. The topological polar surface area (TPSA) is 58.4 Å². The molecule has 116 valence electrons. The van der Waals surface area contributed by atoms with Crippen molar-refractivity contribution in [2.24, 2.45) is 5.73 Å². The average Bonchev–Trinajstić information content (AvgIpc) is 2.93. The molecule has 0 bridgehead atoms. The van der Waals surface area contributed by atoms with Gasteiger partial charge >= 0.3 is 0 Å². The molecular formula is C16H24ClN3O. The number of hydrogen-bond donors (Lipinski definition) is 2. The Hall–Kier alpha value is -1.10. The van der Waals surface area contributed by atoms with Gasteiger partial charge in [0.2, 0.25) is 5.91 Å². The van der Waals surface area contributed by atoms with E-state index in [1.165, 1.54) is 0 Å². The summed E-state index contributed by atoms with van der Waals surface area (Å²) in [5.41, 5.74) is 7.03. The molecule has 1 saturated heterocycles. The summed E-state index contributed by atoms with van der Waals surface area (Å²) in [5, 5.41) is 3.70. The summed E-state index contributed by atoms with van der Waals surface area (Å²) >= 11 is 5.95. The van der Waals surface area contributed by atoms with Crippen LogP contribution in [0, 0.1) is 0 Å². The lowest BCUT2D eigenvalue weighted by Gasteiger charge is -2.26. The lowest BCUT2D eigenvalue weighted by Crippen LogP contribution is -2.47. The predicted molar refractivity (Wildman–Crippen MR) is 86.2 cm³/mol. The fourth-order valence-corrected chi connectivity index (χ4v) is 2.94. The molecule has 1 aromatic rings. The minimum Gasteiger partial charge on any atom is -0.351 e. The summed E-state index contributed by atoms with van der Waals surface area (Å²) < 4.78 is 0. The van der Waals surface area contributed by atoms with Gasteiger partial charge in [0.1, 0.15) is 0 Å². The van der Waals surface area contributed by atoms with Crippen LogP contribution in [0.4, 0.5) is 0 Å². The molecule has 0 spiro atoms. The van der Waals surface area contributed by atoms with Gasteiger partial charge in [0.05, 0.1) is 6.04 Å². The highest BCUT2D eigenvalue weighted by Gasteiger charge is 2.30. The van der Waals surface area contributed by atoms with Crippen molar-refractivity contribution < 1.29 is 4.79 Å². The molecule has 1 amide bonds. The zero-order chi connectivity index (χ0) is 15.2. The molecule has 5 heteroatoms. The number of likely N-dealkylation sites (tertiary alicyclic amines) is 1. The highest BCUT2D eigenvalue weighted by molar-refractivity contribution is 6.30. The van der Waals surface area contributed by atoms with Gasteiger partial charge in [-0.2, -0.15) is 0 Å². The van der Waals surface area contributed by atoms with Crippen LogP contribution in [0.1, 0.15) is 31.7 Å². The molecule has 1 fully saturated rings. The number of rotatable bonds is 6. The second-order valence-electron chi connectivity index (χ2n) is 5.67. The summed E-state index contributed by atoms with van der Waals surface area (Å²) in [6.45, 7) is 4.35. The average molecular weight is 310 g/mol. The van der Waals surface area contributed by atoms with Crippen LogP contribution in [-0.2, 0) is 11.3 Å². The van der Waals surface area contributed by atoms with Gasteiger partial charge < -0.3 is 11.1 Å². The van der Waals surface area contributed by atoms with Crippen LogP contribution in [0.25, 0.3) is 0 Å². The van der Waals surface area contributed by atoms with E-state index in [-0.39, 0.29) is 18.0 Å². The number of hydrogen-bond acceptors (Lipinski definition) is 3. The van der Waals surface area contributed by atoms with Crippen LogP contribution >= 0.6 is 11.6 Å². The van der Waals surface area contributed by atoms with E-state index in [2.05, 4.69) is 17.1 Å². The minimum atomic E-state index is -0.0400. The van der Waals surface area contributed by atoms with Crippen LogP contribution in [0.15, 0.2) is 24.3 Å². The summed E-state index contributed by atoms with van der Waals surface area (Å²) in [6.07, 6.45) is 2.91. The quantitative estimate of drug-likeness (QED) is 0.846. The van der Waals surface area contributed by atoms with Crippen molar-refractivity contribution in [3.05, 3.63) is 34.9 Å². The Morgan fingerprint density at radius 3 is 3.10 bits per heavy atom. The molecule has 3 N–H and O–H groups in total. The maximum atomic E-state index is 12.4. The smallest absolute Gasteiger partial charge is 0.237 e. The van der Waals surface area contributed by atoms with E-state index in [4.69, 9.17) is 17.3 Å². The molecule has 0 saturated carbocycles. The Bertz CT molecular complexity index is 480. The number of nitrogens with one attached hydrogen (secondary N) is 1. The highest BCUT2D eigenvalue weighted by Crippen LogP contribution is 2.18. The lowest BCUT2D eigenvalue weighted by atomic mass is 10.1. The Morgan fingerprint density at radius 2 is 2.38 bits per heavy atom. The van der Waals surface area contributed by atoms with Gasteiger partial charge in [-0.1, -0.05) is 30.7 Å². The first-order chi connectivity index (χ1) is 10.1.